The maximum atomic E-state index is 12.7. The van der Waals surface area contributed by atoms with Gasteiger partial charge in [0.25, 0.3) is 0 Å². The highest BCUT2D eigenvalue weighted by Gasteiger charge is 2.15. The SMILES string of the molecule is CCCC(=O)NCCc1nc2ccccc2n1CC(=O)c1ccc(Cl)cc1. The maximum absolute atomic E-state index is 12.7. The van der Waals surface area contributed by atoms with E-state index in [-0.39, 0.29) is 18.2 Å². The van der Waals surface area contributed by atoms with E-state index in [2.05, 4.69) is 10.3 Å². The van der Waals surface area contributed by atoms with Gasteiger partial charge in [0.05, 0.1) is 17.6 Å². The lowest BCUT2D eigenvalue weighted by Gasteiger charge is -2.10. The molecule has 2 aromatic carbocycles. The van der Waals surface area contributed by atoms with Crippen LogP contribution in [0, 0.1) is 0 Å². The lowest BCUT2D eigenvalue weighted by atomic mass is 10.1. The van der Waals surface area contributed by atoms with Crippen LogP contribution in [0.15, 0.2) is 48.5 Å². The third-order valence-corrected chi connectivity index (χ3v) is 4.60. The van der Waals surface area contributed by atoms with E-state index >= 15 is 0 Å². The van der Waals surface area contributed by atoms with Gasteiger partial charge in [0.15, 0.2) is 5.78 Å². The van der Waals surface area contributed by atoms with Gasteiger partial charge in [0.2, 0.25) is 5.91 Å². The highest BCUT2D eigenvalue weighted by atomic mass is 35.5. The summed E-state index contributed by atoms with van der Waals surface area (Å²) in [5.41, 5.74) is 2.37. The summed E-state index contributed by atoms with van der Waals surface area (Å²) in [7, 11) is 0. The molecule has 5 nitrogen and oxygen atoms in total. The quantitative estimate of drug-likeness (QED) is 0.597. The van der Waals surface area contributed by atoms with Crippen LogP contribution < -0.4 is 5.32 Å². The number of carbonyl (C=O) groups is 2. The van der Waals surface area contributed by atoms with Gasteiger partial charge >= 0.3 is 0 Å². The van der Waals surface area contributed by atoms with Crippen molar-refractivity contribution in [2.75, 3.05) is 6.54 Å². The zero-order valence-electron chi connectivity index (χ0n) is 15.2. The number of halogens is 1. The Balaban J connectivity index is 1.80. The van der Waals surface area contributed by atoms with Crippen molar-refractivity contribution >= 4 is 34.3 Å². The minimum absolute atomic E-state index is 0.00825. The third kappa shape index (κ3) is 4.74. The first kappa shape index (κ1) is 19.1. The third-order valence-electron chi connectivity index (χ3n) is 4.35. The summed E-state index contributed by atoms with van der Waals surface area (Å²) in [5.74, 6) is 0.818. The van der Waals surface area contributed by atoms with Crippen molar-refractivity contribution in [2.45, 2.75) is 32.7 Å². The van der Waals surface area contributed by atoms with Crippen molar-refractivity contribution < 1.29 is 9.59 Å². The molecule has 0 fully saturated rings. The van der Waals surface area contributed by atoms with Crippen molar-refractivity contribution in [1.82, 2.24) is 14.9 Å². The van der Waals surface area contributed by atoms with Crippen LogP contribution in [0.1, 0.15) is 35.9 Å². The fourth-order valence-corrected chi connectivity index (χ4v) is 3.12. The fourth-order valence-electron chi connectivity index (χ4n) is 2.99. The molecule has 0 spiro atoms. The number of para-hydroxylation sites is 2. The lowest BCUT2D eigenvalue weighted by Crippen LogP contribution is -2.26. The summed E-state index contributed by atoms with van der Waals surface area (Å²) >= 11 is 5.91. The number of fused-ring (bicyclic) bond motifs is 1. The standard InChI is InChI=1S/C21H22ClN3O2/c1-2-5-21(27)23-13-12-20-24-17-6-3-4-7-18(17)25(20)14-19(26)15-8-10-16(22)11-9-15/h3-4,6-11H,2,5,12-14H2,1H3,(H,23,27). The van der Waals surface area contributed by atoms with Crippen LogP contribution >= 0.6 is 11.6 Å². The molecular weight excluding hydrogens is 362 g/mol. The second-order valence-electron chi connectivity index (χ2n) is 6.38. The Kier molecular flexibility index (Phi) is 6.24. The van der Waals surface area contributed by atoms with E-state index in [0.717, 1.165) is 23.3 Å². The number of Topliss-reactive ketones (excluding diaryl/α,β-unsaturated/α-hetero) is 1. The van der Waals surface area contributed by atoms with Gasteiger partial charge in [-0.3, -0.25) is 9.59 Å². The van der Waals surface area contributed by atoms with Gasteiger partial charge in [-0.25, -0.2) is 4.98 Å². The zero-order valence-corrected chi connectivity index (χ0v) is 16.0. The lowest BCUT2D eigenvalue weighted by molar-refractivity contribution is -0.121. The van der Waals surface area contributed by atoms with Gasteiger partial charge in [0.1, 0.15) is 5.82 Å². The van der Waals surface area contributed by atoms with E-state index in [1.807, 2.05) is 35.8 Å². The largest absolute Gasteiger partial charge is 0.356 e. The van der Waals surface area contributed by atoms with Gasteiger partial charge < -0.3 is 9.88 Å². The van der Waals surface area contributed by atoms with Crippen molar-refractivity contribution in [1.29, 1.82) is 0 Å². The summed E-state index contributed by atoms with van der Waals surface area (Å²) < 4.78 is 1.93. The van der Waals surface area contributed by atoms with Crippen LogP contribution in [0.25, 0.3) is 11.0 Å². The minimum atomic E-state index is -0.00825. The molecule has 0 atom stereocenters. The highest BCUT2D eigenvalue weighted by molar-refractivity contribution is 6.30. The number of carbonyl (C=O) groups excluding carboxylic acids is 2. The Labute approximate surface area is 163 Å². The summed E-state index contributed by atoms with van der Waals surface area (Å²) in [6, 6.07) is 14.6. The Morgan fingerprint density at radius 2 is 1.85 bits per heavy atom. The summed E-state index contributed by atoms with van der Waals surface area (Å²) in [6.45, 7) is 2.67. The van der Waals surface area contributed by atoms with Crippen LogP contribution in [-0.2, 0) is 17.8 Å². The molecule has 0 aliphatic carbocycles. The first-order chi connectivity index (χ1) is 13.1. The number of imidazole rings is 1. The van der Waals surface area contributed by atoms with Crippen molar-refractivity contribution in [3.63, 3.8) is 0 Å². The summed E-state index contributed by atoms with van der Waals surface area (Å²) in [4.78, 5) is 29.1. The van der Waals surface area contributed by atoms with E-state index in [1.54, 1.807) is 24.3 Å². The van der Waals surface area contributed by atoms with Crippen LogP contribution in [0.5, 0.6) is 0 Å². The number of hydrogen-bond acceptors (Lipinski definition) is 3. The Bertz CT molecular complexity index is 948. The maximum Gasteiger partial charge on any atom is 0.219 e. The Hall–Kier alpha value is -2.66. The van der Waals surface area contributed by atoms with E-state index in [4.69, 9.17) is 11.6 Å². The van der Waals surface area contributed by atoms with E-state index in [1.165, 1.54) is 0 Å². The normalized spacial score (nSPS) is 10.9. The molecule has 0 saturated heterocycles. The summed E-state index contributed by atoms with van der Waals surface area (Å²) in [6.07, 6.45) is 1.91. The molecule has 0 saturated carbocycles. The van der Waals surface area contributed by atoms with Crippen LogP contribution in [0.4, 0.5) is 0 Å². The molecular formula is C21H22ClN3O2. The summed E-state index contributed by atoms with van der Waals surface area (Å²) in [5, 5.41) is 3.50. The van der Waals surface area contributed by atoms with Crippen LogP contribution in [0.2, 0.25) is 5.02 Å². The van der Waals surface area contributed by atoms with Crippen LogP contribution in [-0.4, -0.2) is 27.8 Å². The van der Waals surface area contributed by atoms with Crippen molar-refractivity contribution in [2.24, 2.45) is 0 Å². The topological polar surface area (TPSA) is 64.0 Å². The molecule has 0 aliphatic rings. The first-order valence-corrected chi connectivity index (χ1v) is 9.46. The molecule has 0 aliphatic heterocycles. The van der Waals surface area contributed by atoms with Crippen LogP contribution in [0.3, 0.4) is 0 Å². The Morgan fingerprint density at radius 1 is 1.11 bits per heavy atom. The van der Waals surface area contributed by atoms with E-state index in [9.17, 15) is 9.59 Å². The molecule has 3 rings (SSSR count). The number of aromatic nitrogens is 2. The monoisotopic (exact) mass is 383 g/mol. The predicted molar refractivity (Wildman–Crippen MR) is 107 cm³/mol. The Morgan fingerprint density at radius 3 is 2.59 bits per heavy atom. The second kappa shape index (κ2) is 8.82. The average Bonchev–Trinajstić information content (AvgIpc) is 3.00. The average molecular weight is 384 g/mol. The van der Waals surface area contributed by atoms with Gasteiger partial charge in [-0.2, -0.15) is 0 Å². The number of nitrogens with zero attached hydrogens (tertiary/aromatic N) is 2. The number of hydrogen-bond donors (Lipinski definition) is 1. The zero-order chi connectivity index (χ0) is 19.2. The van der Waals surface area contributed by atoms with Gasteiger partial charge in [-0.05, 0) is 42.8 Å². The molecule has 1 N–H and O–H groups in total. The molecule has 140 valence electrons. The van der Waals surface area contributed by atoms with E-state index in [0.29, 0.717) is 30.0 Å². The molecule has 27 heavy (non-hydrogen) atoms. The minimum Gasteiger partial charge on any atom is -0.356 e. The van der Waals surface area contributed by atoms with E-state index < -0.39 is 0 Å². The molecule has 1 amide bonds. The smallest absolute Gasteiger partial charge is 0.219 e. The number of ketones is 1. The molecule has 0 radical (unpaired) electrons. The molecule has 0 bridgehead atoms. The molecule has 6 heteroatoms. The number of amides is 1. The molecule has 1 aromatic heterocycles. The number of benzene rings is 2. The highest BCUT2D eigenvalue weighted by Crippen LogP contribution is 2.18. The van der Waals surface area contributed by atoms with Gasteiger partial charge in [-0.1, -0.05) is 30.7 Å². The van der Waals surface area contributed by atoms with Crippen molar-refractivity contribution in [3.05, 3.63) is 64.9 Å². The molecule has 3 aromatic rings. The molecule has 1 heterocycles. The first-order valence-electron chi connectivity index (χ1n) is 9.08. The number of rotatable bonds is 8. The van der Waals surface area contributed by atoms with Gasteiger partial charge in [-0.15, -0.1) is 0 Å². The fraction of sp³-hybridized carbons (Fsp3) is 0.286. The second-order valence-corrected chi connectivity index (χ2v) is 6.82. The van der Waals surface area contributed by atoms with Crippen molar-refractivity contribution in [3.8, 4) is 0 Å². The molecule has 0 unspecified atom stereocenters. The van der Waals surface area contributed by atoms with Gasteiger partial charge in [0, 0.05) is 30.0 Å². The number of nitrogens with one attached hydrogen (secondary N) is 1. The predicted octanol–water partition coefficient (Wildman–Crippen LogP) is 4.03.